The lowest BCUT2D eigenvalue weighted by atomic mass is 10.0. The van der Waals surface area contributed by atoms with Crippen molar-refractivity contribution in [3.63, 3.8) is 0 Å². The topological polar surface area (TPSA) is 75.7 Å². The molecule has 7 heteroatoms. The van der Waals surface area contributed by atoms with E-state index < -0.39 is 0 Å². The molecule has 7 nitrogen and oxygen atoms in total. The van der Waals surface area contributed by atoms with Crippen LogP contribution in [0, 0.1) is 0 Å². The molecule has 0 aliphatic carbocycles. The Morgan fingerprint density at radius 3 is 2.87 bits per heavy atom. The van der Waals surface area contributed by atoms with Gasteiger partial charge >= 0.3 is 0 Å². The van der Waals surface area contributed by atoms with Crippen molar-refractivity contribution in [2.45, 2.75) is 50.2 Å². The lowest BCUT2D eigenvalue weighted by Crippen LogP contribution is -2.51. The van der Waals surface area contributed by atoms with Crippen molar-refractivity contribution in [1.29, 1.82) is 0 Å². The Labute approximate surface area is 182 Å². The van der Waals surface area contributed by atoms with Crippen molar-refractivity contribution >= 4 is 11.6 Å². The van der Waals surface area contributed by atoms with Gasteiger partial charge in [0.1, 0.15) is 12.4 Å². The monoisotopic (exact) mass is 420 g/mol. The molecule has 1 aromatic heterocycles. The second-order valence-corrected chi connectivity index (χ2v) is 9.16. The number of ether oxygens (including phenoxy) is 2. The van der Waals surface area contributed by atoms with Gasteiger partial charge < -0.3 is 25.0 Å². The first-order valence-corrected chi connectivity index (χ1v) is 11.4. The fourth-order valence-corrected chi connectivity index (χ4v) is 5.29. The van der Waals surface area contributed by atoms with Gasteiger partial charge in [-0.1, -0.05) is 6.07 Å². The van der Waals surface area contributed by atoms with E-state index in [1.54, 1.807) is 6.20 Å². The first-order valence-electron chi connectivity index (χ1n) is 11.4. The van der Waals surface area contributed by atoms with Crippen LogP contribution in [0.15, 0.2) is 30.5 Å². The van der Waals surface area contributed by atoms with Crippen LogP contribution >= 0.6 is 0 Å². The number of pyridine rings is 1. The average Bonchev–Trinajstić information content (AvgIpc) is 3.15. The molecule has 162 valence electrons. The van der Waals surface area contributed by atoms with Crippen LogP contribution in [0.25, 0.3) is 0 Å². The fourth-order valence-electron chi connectivity index (χ4n) is 5.29. The van der Waals surface area contributed by atoms with E-state index in [0.717, 1.165) is 49.2 Å². The molecule has 0 spiro atoms. The van der Waals surface area contributed by atoms with Gasteiger partial charge in [0.15, 0.2) is 0 Å². The number of rotatable bonds is 3. The Morgan fingerprint density at radius 1 is 1.13 bits per heavy atom. The third-order valence-electron chi connectivity index (χ3n) is 6.89. The molecule has 5 heterocycles. The zero-order valence-electron chi connectivity index (χ0n) is 17.6. The number of carbonyl (C=O) groups is 1. The third-order valence-corrected chi connectivity index (χ3v) is 6.89. The molecule has 2 unspecified atom stereocenters. The van der Waals surface area contributed by atoms with Gasteiger partial charge in [0.25, 0.3) is 5.91 Å². The molecule has 3 atom stereocenters. The van der Waals surface area contributed by atoms with E-state index in [1.807, 2.05) is 6.07 Å². The molecule has 2 N–H and O–H groups in total. The highest BCUT2D eigenvalue weighted by molar-refractivity contribution is 5.94. The van der Waals surface area contributed by atoms with Crippen molar-refractivity contribution in [3.8, 4) is 11.6 Å². The number of hydrogen-bond donors (Lipinski definition) is 2. The highest BCUT2D eigenvalue weighted by atomic mass is 16.5. The molecule has 6 rings (SSSR count). The van der Waals surface area contributed by atoms with E-state index in [2.05, 4.69) is 38.7 Å². The molecule has 1 aromatic carbocycles. The summed E-state index contributed by atoms with van der Waals surface area (Å²) >= 11 is 0. The van der Waals surface area contributed by atoms with Crippen LogP contribution in [0.5, 0.6) is 11.6 Å². The van der Waals surface area contributed by atoms with E-state index in [-0.39, 0.29) is 11.9 Å². The number of nitrogens with one attached hydrogen (secondary N) is 2. The zero-order chi connectivity index (χ0) is 20.8. The lowest BCUT2D eigenvalue weighted by Gasteiger charge is -2.35. The number of anilines is 1. The minimum Gasteiger partial charge on any atom is -0.491 e. The minimum absolute atomic E-state index is 0.0480. The number of amides is 1. The SMILES string of the molecule is O=C(N[C@H]1COc2cc(N3CC4CCC(C3)N4)ccc2C1)c1cnc2c(c1)CCCO2. The zero-order valence-corrected chi connectivity index (χ0v) is 17.6. The summed E-state index contributed by atoms with van der Waals surface area (Å²) in [4.78, 5) is 19.6. The number of nitrogens with zero attached hydrogens (tertiary/aromatic N) is 2. The van der Waals surface area contributed by atoms with Crippen LogP contribution in [0.2, 0.25) is 0 Å². The summed E-state index contributed by atoms with van der Waals surface area (Å²) in [5, 5.41) is 6.80. The summed E-state index contributed by atoms with van der Waals surface area (Å²) < 4.78 is 11.6. The number of hydrogen-bond acceptors (Lipinski definition) is 6. The normalized spacial score (nSPS) is 26.3. The summed E-state index contributed by atoms with van der Waals surface area (Å²) in [5.41, 5.74) is 3.98. The standard InChI is InChI=1S/C24H28N4O3/c29-23(17-8-16-2-1-7-30-24(16)25-11-17)27-20-9-15-3-6-21(10-22(15)31-14-20)28-12-18-4-5-19(13-28)26-18/h3,6,8,10-11,18-20,26H,1-2,4-5,7,9,12-14H2,(H,27,29)/t18?,19?,20-/m1/s1. The summed E-state index contributed by atoms with van der Waals surface area (Å²) in [6.45, 7) is 3.31. The van der Waals surface area contributed by atoms with Crippen molar-refractivity contribution in [1.82, 2.24) is 15.6 Å². The number of piperazine rings is 1. The number of aromatic nitrogens is 1. The highest BCUT2D eigenvalue weighted by Gasteiger charge is 2.32. The second-order valence-electron chi connectivity index (χ2n) is 9.16. The maximum Gasteiger partial charge on any atom is 0.253 e. The van der Waals surface area contributed by atoms with Gasteiger partial charge in [-0.2, -0.15) is 0 Å². The number of aryl methyl sites for hydroxylation is 1. The molecular weight excluding hydrogens is 392 g/mol. The molecule has 2 fully saturated rings. The van der Waals surface area contributed by atoms with E-state index in [9.17, 15) is 4.79 Å². The first-order chi connectivity index (χ1) is 15.2. The quantitative estimate of drug-likeness (QED) is 0.792. The molecule has 4 aliphatic rings. The van der Waals surface area contributed by atoms with Crippen LogP contribution in [0.3, 0.4) is 0 Å². The molecule has 0 radical (unpaired) electrons. The van der Waals surface area contributed by atoms with E-state index >= 15 is 0 Å². The Bertz CT molecular complexity index is 998. The molecular formula is C24H28N4O3. The summed E-state index contributed by atoms with van der Waals surface area (Å²) in [7, 11) is 0. The summed E-state index contributed by atoms with van der Waals surface area (Å²) in [6.07, 6.45) is 6.79. The lowest BCUT2D eigenvalue weighted by molar-refractivity contribution is 0.0914. The van der Waals surface area contributed by atoms with Crippen molar-refractivity contribution in [2.75, 3.05) is 31.2 Å². The molecule has 0 saturated carbocycles. The third kappa shape index (κ3) is 3.71. The van der Waals surface area contributed by atoms with Gasteiger partial charge in [0, 0.05) is 48.7 Å². The number of fused-ring (bicyclic) bond motifs is 4. The van der Waals surface area contributed by atoms with Crippen LogP contribution < -0.4 is 25.0 Å². The maximum atomic E-state index is 12.8. The van der Waals surface area contributed by atoms with Gasteiger partial charge in [0.2, 0.25) is 5.88 Å². The largest absolute Gasteiger partial charge is 0.491 e. The Kier molecular flexibility index (Phi) is 4.71. The Hall–Kier alpha value is -2.80. The first kappa shape index (κ1) is 18.9. The number of carbonyl (C=O) groups excluding carboxylic acids is 1. The van der Waals surface area contributed by atoms with Gasteiger partial charge in [-0.15, -0.1) is 0 Å². The second kappa shape index (κ2) is 7.71. The molecule has 1 amide bonds. The summed E-state index contributed by atoms with van der Waals surface area (Å²) in [5.74, 6) is 1.50. The van der Waals surface area contributed by atoms with Crippen molar-refractivity contribution in [2.24, 2.45) is 0 Å². The number of benzene rings is 1. The molecule has 2 bridgehead atoms. The van der Waals surface area contributed by atoms with E-state index in [0.29, 0.717) is 36.7 Å². The average molecular weight is 421 g/mol. The smallest absolute Gasteiger partial charge is 0.253 e. The molecule has 4 aliphatic heterocycles. The van der Waals surface area contributed by atoms with Gasteiger partial charge in [-0.3, -0.25) is 4.79 Å². The van der Waals surface area contributed by atoms with Crippen LogP contribution in [-0.4, -0.2) is 55.3 Å². The molecule has 2 aromatic rings. The Morgan fingerprint density at radius 2 is 2.00 bits per heavy atom. The van der Waals surface area contributed by atoms with Gasteiger partial charge in [-0.25, -0.2) is 4.98 Å². The van der Waals surface area contributed by atoms with Gasteiger partial charge in [-0.05, 0) is 49.8 Å². The van der Waals surface area contributed by atoms with Crippen LogP contribution in [0.4, 0.5) is 5.69 Å². The van der Waals surface area contributed by atoms with Crippen molar-refractivity contribution < 1.29 is 14.3 Å². The van der Waals surface area contributed by atoms with E-state index in [1.165, 1.54) is 18.5 Å². The molecule has 2 saturated heterocycles. The highest BCUT2D eigenvalue weighted by Crippen LogP contribution is 2.32. The predicted molar refractivity (Wildman–Crippen MR) is 117 cm³/mol. The van der Waals surface area contributed by atoms with Crippen LogP contribution in [-0.2, 0) is 12.8 Å². The van der Waals surface area contributed by atoms with Crippen molar-refractivity contribution in [3.05, 3.63) is 47.2 Å². The minimum atomic E-state index is -0.106. The summed E-state index contributed by atoms with van der Waals surface area (Å²) in [6, 6.07) is 9.61. The Balaban J connectivity index is 1.12. The fraction of sp³-hybridized carbons (Fsp3) is 0.500. The van der Waals surface area contributed by atoms with Gasteiger partial charge in [0.05, 0.1) is 18.2 Å². The van der Waals surface area contributed by atoms with E-state index in [4.69, 9.17) is 9.47 Å². The predicted octanol–water partition coefficient (Wildman–Crippen LogP) is 2.08. The molecule has 31 heavy (non-hydrogen) atoms. The maximum absolute atomic E-state index is 12.8. The van der Waals surface area contributed by atoms with Crippen LogP contribution in [0.1, 0.15) is 40.7 Å².